The van der Waals surface area contributed by atoms with E-state index in [-0.39, 0.29) is 18.0 Å². The molecule has 2 heterocycles. The Morgan fingerprint density at radius 1 is 1.39 bits per heavy atom. The van der Waals surface area contributed by atoms with Crippen LogP contribution in [0.3, 0.4) is 0 Å². The van der Waals surface area contributed by atoms with Gasteiger partial charge in [0, 0.05) is 16.0 Å². The van der Waals surface area contributed by atoms with Crippen LogP contribution in [0.5, 0.6) is 5.75 Å². The van der Waals surface area contributed by atoms with Crippen LogP contribution in [-0.2, 0) is 17.8 Å². The lowest BCUT2D eigenvalue weighted by Crippen LogP contribution is -2.29. The first-order valence-corrected chi connectivity index (χ1v) is 11.0. The number of aryl methyl sites for hydroxylation is 2. The predicted molar refractivity (Wildman–Crippen MR) is 116 cm³/mol. The zero-order valence-electron chi connectivity index (χ0n) is 16.0. The van der Waals surface area contributed by atoms with Crippen LogP contribution in [0, 0.1) is 6.92 Å². The summed E-state index contributed by atoms with van der Waals surface area (Å²) < 4.78 is 6.70. The van der Waals surface area contributed by atoms with E-state index in [1.54, 1.807) is 12.1 Å². The highest BCUT2D eigenvalue weighted by Crippen LogP contribution is 2.31. The van der Waals surface area contributed by atoms with Gasteiger partial charge in [-0.2, -0.15) is 0 Å². The fourth-order valence-corrected chi connectivity index (χ4v) is 4.50. The maximum atomic E-state index is 12.9. The number of hydrogen-bond acceptors (Lipinski definition) is 6. The number of amides is 1. The Morgan fingerprint density at radius 2 is 2.14 bits per heavy atom. The molecule has 3 rings (SSSR count). The van der Waals surface area contributed by atoms with Crippen molar-refractivity contribution in [3.05, 3.63) is 44.0 Å². The Hall–Kier alpha value is -2.03. The third-order valence-electron chi connectivity index (χ3n) is 4.25. The van der Waals surface area contributed by atoms with Crippen molar-refractivity contribution in [2.75, 3.05) is 18.7 Å². The first kappa shape index (κ1) is 20.7. The van der Waals surface area contributed by atoms with Gasteiger partial charge in [-0.15, -0.1) is 11.3 Å². The molecular weight excluding hydrogens is 418 g/mol. The zero-order valence-corrected chi connectivity index (χ0v) is 18.3. The van der Waals surface area contributed by atoms with Crippen molar-refractivity contribution >= 4 is 56.5 Å². The molecule has 9 heteroatoms. The minimum absolute atomic E-state index is 0.139. The van der Waals surface area contributed by atoms with E-state index in [9.17, 15) is 9.59 Å². The largest absolute Gasteiger partial charge is 0.495 e. The second-order valence-corrected chi connectivity index (χ2v) is 8.42. The van der Waals surface area contributed by atoms with Gasteiger partial charge in [-0.3, -0.25) is 14.2 Å². The number of methoxy groups -OCH3 is 1. The highest BCUT2D eigenvalue weighted by Gasteiger charge is 2.17. The molecule has 0 bridgehead atoms. The summed E-state index contributed by atoms with van der Waals surface area (Å²) in [6.07, 6.45) is 2.67. The Labute approximate surface area is 175 Å². The zero-order chi connectivity index (χ0) is 20.4. The number of fused-ring (bicyclic) bond motifs is 1. The van der Waals surface area contributed by atoms with Crippen LogP contribution >= 0.6 is 34.7 Å². The molecule has 1 aromatic carbocycles. The minimum atomic E-state index is -0.343. The summed E-state index contributed by atoms with van der Waals surface area (Å²) in [5.41, 5.74) is 1.11. The summed E-state index contributed by atoms with van der Waals surface area (Å²) in [7, 11) is 1.51. The van der Waals surface area contributed by atoms with Gasteiger partial charge in [0.25, 0.3) is 5.56 Å². The molecule has 0 spiro atoms. The van der Waals surface area contributed by atoms with Crippen LogP contribution in [0.15, 0.2) is 28.2 Å². The lowest BCUT2D eigenvalue weighted by Gasteiger charge is -2.14. The van der Waals surface area contributed by atoms with Crippen LogP contribution in [0.25, 0.3) is 10.2 Å². The van der Waals surface area contributed by atoms with Crippen LogP contribution in [0.4, 0.5) is 5.69 Å². The van der Waals surface area contributed by atoms with Crippen molar-refractivity contribution in [1.82, 2.24) is 9.55 Å². The number of nitrogens with one attached hydrogen (secondary N) is 1. The first-order chi connectivity index (χ1) is 13.4. The lowest BCUT2D eigenvalue weighted by atomic mass is 10.2. The molecule has 6 nitrogen and oxygen atoms in total. The minimum Gasteiger partial charge on any atom is -0.495 e. The molecule has 0 atom stereocenters. The van der Waals surface area contributed by atoms with Crippen molar-refractivity contribution in [1.29, 1.82) is 0 Å². The number of thiophene rings is 1. The summed E-state index contributed by atoms with van der Waals surface area (Å²) >= 11 is 8.96. The molecule has 0 radical (unpaired) electrons. The van der Waals surface area contributed by atoms with Gasteiger partial charge in [-0.25, -0.2) is 4.98 Å². The van der Waals surface area contributed by atoms with Crippen molar-refractivity contribution in [2.24, 2.45) is 0 Å². The number of carbonyl (C=O) groups excluding carboxylic acids is 1. The molecule has 28 heavy (non-hydrogen) atoms. The monoisotopic (exact) mass is 437 g/mol. The molecule has 0 saturated heterocycles. The third kappa shape index (κ3) is 4.04. The summed E-state index contributed by atoms with van der Waals surface area (Å²) in [6.45, 7) is 3.74. The van der Waals surface area contributed by atoms with E-state index < -0.39 is 0 Å². The quantitative estimate of drug-likeness (QED) is 0.458. The van der Waals surface area contributed by atoms with Gasteiger partial charge in [-0.1, -0.05) is 30.3 Å². The van der Waals surface area contributed by atoms with Crippen molar-refractivity contribution in [3.63, 3.8) is 0 Å². The van der Waals surface area contributed by atoms with Gasteiger partial charge in [0.15, 0.2) is 5.16 Å². The number of halogens is 1. The van der Waals surface area contributed by atoms with Gasteiger partial charge in [0.05, 0.1) is 18.2 Å². The highest BCUT2D eigenvalue weighted by molar-refractivity contribution is 7.98. The maximum absolute atomic E-state index is 12.9. The Bertz CT molecular complexity index is 1110. The van der Waals surface area contributed by atoms with E-state index in [1.807, 2.05) is 26.2 Å². The van der Waals surface area contributed by atoms with Crippen LogP contribution in [0.2, 0.25) is 5.02 Å². The first-order valence-electron chi connectivity index (χ1n) is 8.59. The molecule has 0 aliphatic heterocycles. The number of carbonyl (C=O) groups is 1. The lowest BCUT2D eigenvalue weighted by molar-refractivity contribution is -0.116. The number of benzene rings is 1. The fraction of sp³-hybridized carbons (Fsp3) is 0.316. The number of hydrogen-bond donors (Lipinski definition) is 1. The number of aromatic nitrogens is 2. The predicted octanol–water partition coefficient (Wildman–Crippen LogP) is 4.35. The molecule has 2 aromatic heterocycles. The van der Waals surface area contributed by atoms with Gasteiger partial charge in [-0.05, 0) is 37.3 Å². The Balaban J connectivity index is 1.94. The molecule has 148 valence electrons. The highest BCUT2D eigenvalue weighted by atomic mass is 35.5. The summed E-state index contributed by atoms with van der Waals surface area (Å²) in [5.74, 6) is 0.116. The van der Waals surface area contributed by atoms with E-state index >= 15 is 0 Å². The molecule has 1 N–H and O–H groups in total. The van der Waals surface area contributed by atoms with Gasteiger partial charge >= 0.3 is 0 Å². The molecule has 1 amide bonds. The van der Waals surface area contributed by atoms with Crippen LogP contribution in [0.1, 0.15) is 17.4 Å². The van der Waals surface area contributed by atoms with Gasteiger partial charge < -0.3 is 10.1 Å². The van der Waals surface area contributed by atoms with Crippen molar-refractivity contribution in [3.8, 4) is 5.75 Å². The Morgan fingerprint density at radius 3 is 2.79 bits per heavy atom. The molecular formula is C19H20ClN3O3S2. The van der Waals surface area contributed by atoms with Gasteiger partial charge in [0.2, 0.25) is 5.91 Å². The van der Waals surface area contributed by atoms with Gasteiger partial charge in [0.1, 0.15) is 17.1 Å². The molecule has 0 aliphatic rings. The van der Waals surface area contributed by atoms with E-state index in [0.29, 0.717) is 31.8 Å². The average Bonchev–Trinajstić information content (AvgIpc) is 3.10. The molecule has 0 saturated carbocycles. The second-order valence-electron chi connectivity index (χ2n) is 6.12. The van der Waals surface area contributed by atoms with E-state index in [1.165, 1.54) is 34.8 Å². The molecule has 0 fully saturated rings. The smallest absolute Gasteiger partial charge is 0.263 e. The van der Waals surface area contributed by atoms with Crippen LogP contribution in [-0.4, -0.2) is 28.8 Å². The maximum Gasteiger partial charge on any atom is 0.263 e. The summed E-state index contributed by atoms with van der Waals surface area (Å²) in [5, 5.41) is 4.41. The fourth-order valence-electron chi connectivity index (χ4n) is 2.78. The average molecular weight is 438 g/mol. The number of ether oxygens (including phenoxy) is 1. The topological polar surface area (TPSA) is 73.2 Å². The number of thioether (sulfide) groups is 1. The van der Waals surface area contributed by atoms with E-state index in [4.69, 9.17) is 16.3 Å². The normalized spacial score (nSPS) is 11.0. The van der Waals surface area contributed by atoms with E-state index in [2.05, 4.69) is 10.3 Å². The van der Waals surface area contributed by atoms with Crippen molar-refractivity contribution in [2.45, 2.75) is 32.0 Å². The summed E-state index contributed by atoms with van der Waals surface area (Å²) in [6, 6.07) is 5.25. The second kappa shape index (κ2) is 8.55. The van der Waals surface area contributed by atoms with E-state index in [0.717, 1.165) is 16.9 Å². The summed E-state index contributed by atoms with van der Waals surface area (Å²) in [4.78, 5) is 32.0. The van der Waals surface area contributed by atoms with Crippen molar-refractivity contribution < 1.29 is 9.53 Å². The third-order valence-corrected chi connectivity index (χ3v) is 6.51. The number of rotatable bonds is 6. The SMILES string of the molecule is CCc1cc2c(=O)n(CC(=O)Nc3cc(C)c(Cl)cc3OC)c(SC)nc2s1. The molecule has 0 aliphatic carbocycles. The standard InChI is InChI=1S/C19H20ClN3O3S2/c1-5-11-7-12-17(28-11)22-19(27-4)23(18(12)25)9-16(24)21-14-6-10(2)13(20)8-15(14)26-3/h6-8H,5,9H2,1-4H3,(H,21,24). The Kier molecular flexibility index (Phi) is 6.32. The number of nitrogens with zero attached hydrogens (tertiary/aromatic N) is 2. The van der Waals surface area contributed by atoms with Crippen LogP contribution < -0.4 is 15.6 Å². The molecule has 0 unspecified atom stereocenters. The molecule has 3 aromatic rings. The number of anilines is 1.